The molecule has 37 heavy (non-hydrogen) atoms. The Bertz CT molecular complexity index is 1490. The molecule has 0 radical (unpaired) electrons. The molecule has 10 heteroatoms. The number of amides is 1. The number of piperazine rings is 1. The van der Waals surface area contributed by atoms with E-state index in [1.165, 1.54) is 11.8 Å². The van der Waals surface area contributed by atoms with Crippen LogP contribution in [0.1, 0.15) is 18.5 Å². The van der Waals surface area contributed by atoms with E-state index in [1.54, 1.807) is 42.9 Å². The van der Waals surface area contributed by atoms with Gasteiger partial charge in [0.2, 0.25) is 5.91 Å². The number of imidazole rings is 1. The van der Waals surface area contributed by atoms with Crippen molar-refractivity contribution in [1.29, 1.82) is 0 Å². The molecule has 2 aromatic heterocycles. The quantitative estimate of drug-likeness (QED) is 0.401. The van der Waals surface area contributed by atoms with E-state index in [4.69, 9.17) is 0 Å². The Morgan fingerprint density at radius 1 is 1.03 bits per heavy atom. The lowest BCUT2D eigenvalue weighted by Crippen LogP contribution is -2.50. The fraction of sp³-hybridized carbons (Fsp3) is 0.296. The highest BCUT2D eigenvalue weighted by molar-refractivity contribution is 7.90. The van der Waals surface area contributed by atoms with Crippen molar-refractivity contribution in [2.45, 2.75) is 17.9 Å². The Hall–Kier alpha value is -3.76. The summed E-state index contributed by atoms with van der Waals surface area (Å²) in [5, 5.41) is 3.29. The third-order valence-electron chi connectivity index (χ3n) is 6.89. The van der Waals surface area contributed by atoms with E-state index in [-0.39, 0.29) is 17.3 Å². The van der Waals surface area contributed by atoms with Gasteiger partial charge in [0.25, 0.3) is 0 Å². The van der Waals surface area contributed by atoms with Crippen molar-refractivity contribution < 1.29 is 13.2 Å². The molecule has 1 amide bonds. The summed E-state index contributed by atoms with van der Waals surface area (Å²) in [5.74, 6) is 0.684. The maximum atomic E-state index is 13.1. The summed E-state index contributed by atoms with van der Waals surface area (Å²) < 4.78 is 25.6. The van der Waals surface area contributed by atoms with Gasteiger partial charge in [0.1, 0.15) is 11.5 Å². The van der Waals surface area contributed by atoms with Crippen LogP contribution in [0.2, 0.25) is 0 Å². The zero-order valence-electron chi connectivity index (χ0n) is 20.9. The Labute approximate surface area is 216 Å². The number of nitrogens with one attached hydrogen (secondary N) is 1. The van der Waals surface area contributed by atoms with Crippen LogP contribution < -0.4 is 5.32 Å². The van der Waals surface area contributed by atoms with Crippen molar-refractivity contribution in [2.24, 2.45) is 0 Å². The number of fused-ring (bicyclic) bond motifs is 1. The molecule has 1 N–H and O–H groups in total. The standard InChI is InChI=1S/C27H30N6O3S/c1-20(21-6-4-3-5-7-21)31-14-16-32(17-15-31)25(34)19-29-27-26(30-24-18-28-12-13-33(24)27)22-8-10-23(11-9-22)37(2,35)36/h3-13,18,20,29H,14-17,19H2,1-2H3. The molecule has 0 bridgehead atoms. The van der Waals surface area contributed by atoms with E-state index in [1.807, 2.05) is 15.4 Å². The molecule has 0 spiro atoms. The average molecular weight is 519 g/mol. The first-order valence-corrected chi connectivity index (χ1v) is 14.1. The minimum absolute atomic E-state index is 0.0226. The van der Waals surface area contributed by atoms with Gasteiger partial charge < -0.3 is 10.2 Å². The number of hydrogen-bond donors (Lipinski definition) is 1. The van der Waals surface area contributed by atoms with Crippen LogP contribution in [0.5, 0.6) is 0 Å². The van der Waals surface area contributed by atoms with Crippen LogP contribution >= 0.6 is 0 Å². The van der Waals surface area contributed by atoms with Crippen LogP contribution in [-0.2, 0) is 14.6 Å². The van der Waals surface area contributed by atoms with Crippen LogP contribution in [0.4, 0.5) is 5.82 Å². The SMILES string of the molecule is CC(c1ccccc1)N1CCN(C(=O)CNc2c(-c3ccc(S(C)(=O)=O)cc3)nc3cnccn23)CC1. The molecule has 1 aliphatic heterocycles. The largest absolute Gasteiger partial charge is 0.360 e. The van der Waals surface area contributed by atoms with Crippen molar-refractivity contribution in [2.75, 3.05) is 44.3 Å². The minimum Gasteiger partial charge on any atom is -0.360 e. The number of benzene rings is 2. The third-order valence-corrected chi connectivity index (χ3v) is 8.02. The van der Waals surface area contributed by atoms with E-state index in [0.717, 1.165) is 18.7 Å². The van der Waals surface area contributed by atoms with E-state index < -0.39 is 9.84 Å². The Balaban J connectivity index is 1.28. The fourth-order valence-electron chi connectivity index (χ4n) is 4.71. The number of anilines is 1. The van der Waals surface area contributed by atoms with E-state index >= 15 is 0 Å². The van der Waals surface area contributed by atoms with Crippen molar-refractivity contribution in [1.82, 2.24) is 24.2 Å². The van der Waals surface area contributed by atoms with Gasteiger partial charge in [0.15, 0.2) is 15.5 Å². The number of carbonyl (C=O) groups excluding carboxylic acids is 1. The molecular formula is C27H30N6O3S. The topological polar surface area (TPSA) is 99.9 Å². The number of rotatable bonds is 7. The normalized spacial score (nSPS) is 15.6. The summed E-state index contributed by atoms with van der Waals surface area (Å²) in [6.07, 6.45) is 6.27. The molecular weight excluding hydrogens is 488 g/mol. The predicted molar refractivity (Wildman–Crippen MR) is 143 cm³/mol. The van der Waals surface area contributed by atoms with Gasteiger partial charge in [0.05, 0.1) is 17.6 Å². The highest BCUT2D eigenvalue weighted by atomic mass is 32.2. The van der Waals surface area contributed by atoms with Crippen molar-refractivity contribution in [3.8, 4) is 11.3 Å². The van der Waals surface area contributed by atoms with Gasteiger partial charge in [-0.15, -0.1) is 0 Å². The molecule has 1 fully saturated rings. The Kier molecular flexibility index (Phi) is 6.94. The first-order chi connectivity index (χ1) is 17.8. The molecule has 1 atom stereocenters. The average Bonchev–Trinajstić information content (AvgIpc) is 3.30. The number of carbonyl (C=O) groups is 1. The van der Waals surface area contributed by atoms with Gasteiger partial charge in [0, 0.05) is 56.4 Å². The lowest BCUT2D eigenvalue weighted by Gasteiger charge is -2.38. The highest BCUT2D eigenvalue weighted by Crippen LogP contribution is 2.29. The van der Waals surface area contributed by atoms with Crippen LogP contribution in [0.25, 0.3) is 16.9 Å². The number of hydrogen-bond acceptors (Lipinski definition) is 7. The van der Waals surface area contributed by atoms with Gasteiger partial charge in [-0.2, -0.15) is 0 Å². The molecule has 9 nitrogen and oxygen atoms in total. The molecule has 5 rings (SSSR count). The molecule has 4 aromatic rings. The van der Waals surface area contributed by atoms with E-state index in [2.05, 4.69) is 51.4 Å². The zero-order chi connectivity index (χ0) is 26.0. The van der Waals surface area contributed by atoms with E-state index in [9.17, 15) is 13.2 Å². The second-order valence-electron chi connectivity index (χ2n) is 9.27. The zero-order valence-corrected chi connectivity index (χ0v) is 21.7. The molecule has 2 aromatic carbocycles. The minimum atomic E-state index is -3.30. The second kappa shape index (κ2) is 10.3. The van der Waals surface area contributed by atoms with Gasteiger partial charge >= 0.3 is 0 Å². The van der Waals surface area contributed by atoms with E-state index in [0.29, 0.717) is 36.3 Å². The van der Waals surface area contributed by atoms with Gasteiger partial charge in [-0.05, 0) is 24.6 Å². The molecule has 1 saturated heterocycles. The van der Waals surface area contributed by atoms with Crippen LogP contribution in [0, 0.1) is 0 Å². The summed E-state index contributed by atoms with van der Waals surface area (Å²) >= 11 is 0. The van der Waals surface area contributed by atoms with Crippen LogP contribution in [-0.4, -0.2) is 77.5 Å². The van der Waals surface area contributed by atoms with Crippen LogP contribution in [0.15, 0.2) is 78.1 Å². The molecule has 0 saturated carbocycles. The predicted octanol–water partition coefficient (Wildman–Crippen LogP) is 3.12. The summed E-state index contributed by atoms with van der Waals surface area (Å²) in [6.45, 7) is 5.32. The third kappa shape index (κ3) is 5.35. The maximum Gasteiger partial charge on any atom is 0.242 e. The molecule has 3 heterocycles. The van der Waals surface area contributed by atoms with Crippen LogP contribution in [0.3, 0.4) is 0 Å². The van der Waals surface area contributed by atoms with Gasteiger partial charge in [-0.1, -0.05) is 42.5 Å². The van der Waals surface area contributed by atoms with Gasteiger partial charge in [-0.25, -0.2) is 13.4 Å². The maximum absolute atomic E-state index is 13.1. The molecule has 192 valence electrons. The summed E-state index contributed by atoms with van der Waals surface area (Å²) in [7, 11) is -3.30. The summed E-state index contributed by atoms with van der Waals surface area (Å²) in [5.41, 5.74) is 3.28. The molecule has 1 unspecified atom stereocenters. The summed E-state index contributed by atoms with van der Waals surface area (Å²) in [6, 6.07) is 17.3. The monoisotopic (exact) mass is 518 g/mol. The fourth-order valence-corrected chi connectivity index (χ4v) is 5.34. The van der Waals surface area contributed by atoms with Crippen molar-refractivity contribution >= 4 is 27.2 Å². The first kappa shape index (κ1) is 24.9. The number of nitrogens with zero attached hydrogens (tertiary/aromatic N) is 5. The smallest absolute Gasteiger partial charge is 0.242 e. The van der Waals surface area contributed by atoms with Crippen molar-refractivity contribution in [3.63, 3.8) is 0 Å². The highest BCUT2D eigenvalue weighted by Gasteiger charge is 2.25. The molecule has 0 aliphatic carbocycles. The lowest BCUT2D eigenvalue weighted by molar-refractivity contribution is -0.131. The lowest BCUT2D eigenvalue weighted by atomic mass is 10.1. The molecule has 1 aliphatic rings. The number of aromatic nitrogens is 3. The number of sulfone groups is 1. The summed E-state index contributed by atoms with van der Waals surface area (Å²) in [4.78, 5) is 26.5. The van der Waals surface area contributed by atoms with Crippen molar-refractivity contribution in [3.05, 3.63) is 78.8 Å². The first-order valence-electron chi connectivity index (χ1n) is 12.2. The Morgan fingerprint density at radius 3 is 2.41 bits per heavy atom. The van der Waals surface area contributed by atoms with Gasteiger partial charge in [-0.3, -0.25) is 19.1 Å². The Morgan fingerprint density at radius 2 is 1.73 bits per heavy atom. The second-order valence-corrected chi connectivity index (χ2v) is 11.3.